The van der Waals surface area contributed by atoms with Crippen LogP contribution < -0.4 is 5.32 Å². The largest absolute Gasteiger partial charge is 0.389 e. The van der Waals surface area contributed by atoms with Gasteiger partial charge in [-0.1, -0.05) is 0 Å². The third-order valence-electron chi connectivity index (χ3n) is 1.92. The van der Waals surface area contributed by atoms with Crippen molar-refractivity contribution in [2.24, 2.45) is 0 Å². The Kier molecular flexibility index (Phi) is 9.43. The second-order valence-corrected chi connectivity index (χ2v) is 3.64. The number of hydrogen-bond donors (Lipinski definition) is 2. The van der Waals surface area contributed by atoms with Gasteiger partial charge in [0.05, 0.1) is 19.3 Å². The van der Waals surface area contributed by atoms with E-state index >= 15 is 0 Å². The third kappa shape index (κ3) is 13.6. The molecular formula is C10H20F3NO3. The molecule has 0 aliphatic rings. The predicted molar refractivity (Wildman–Crippen MR) is 56.9 cm³/mol. The van der Waals surface area contributed by atoms with Crippen molar-refractivity contribution in [3.63, 3.8) is 0 Å². The van der Waals surface area contributed by atoms with Crippen LogP contribution in [-0.4, -0.2) is 57.4 Å². The maximum absolute atomic E-state index is 11.8. The van der Waals surface area contributed by atoms with Gasteiger partial charge in [-0.15, -0.1) is 0 Å². The van der Waals surface area contributed by atoms with Crippen LogP contribution in [-0.2, 0) is 9.47 Å². The smallest absolute Gasteiger partial charge is 0.389 e. The van der Waals surface area contributed by atoms with Crippen molar-refractivity contribution in [2.45, 2.75) is 25.1 Å². The zero-order valence-electron chi connectivity index (χ0n) is 9.92. The van der Waals surface area contributed by atoms with Crippen LogP contribution in [0.2, 0.25) is 0 Å². The van der Waals surface area contributed by atoms with Gasteiger partial charge < -0.3 is 19.9 Å². The summed E-state index contributed by atoms with van der Waals surface area (Å²) < 4.78 is 45.0. The normalized spacial score (nSPS) is 13.9. The molecule has 0 aliphatic carbocycles. The van der Waals surface area contributed by atoms with E-state index in [4.69, 9.17) is 9.47 Å². The highest BCUT2D eigenvalue weighted by atomic mass is 19.4. The van der Waals surface area contributed by atoms with E-state index in [-0.39, 0.29) is 19.6 Å². The number of aliphatic hydroxyl groups is 1. The molecule has 0 saturated carbocycles. The Bertz CT molecular complexity index is 179. The molecule has 0 heterocycles. The molecule has 1 atom stereocenters. The minimum absolute atomic E-state index is 0.00857. The van der Waals surface area contributed by atoms with Crippen molar-refractivity contribution < 1.29 is 27.8 Å². The fourth-order valence-electron chi connectivity index (χ4n) is 1.10. The minimum Gasteiger partial charge on any atom is -0.389 e. The van der Waals surface area contributed by atoms with Crippen LogP contribution in [0.25, 0.3) is 0 Å². The highest BCUT2D eigenvalue weighted by Crippen LogP contribution is 2.20. The summed E-state index contributed by atoms with van der Waals surface area (Å²) in [4.78, 5) is 0. The highest BCUT2D eigenvalue weighted by Gasteiger charge is 2.25. The van der Waals surface area contributed by atoms with Crippen LogP contribution in [0.1, 0.15) is 12.8 Å². The molecule has 0 amide bonds. The van der Waals surface area contributed by atoms with Crippen LogP contribution in [0.4, 0.5) is 13.2 Å². The van der Waals surface area contributed by atoms with Gasteiger partial charge in [-0.3, -0.25) is 0 Å². The maximum Gasteiger partial charge on any atom is 0.389 e. The molecule has 0 spiro atoms. The van der Waals surface area contributed by atoms with E-state index in [0.29, 0.717) is 19.7 Å². The molecule has 4 nitrogen and oxygen atoms in total. The standard InChI is InChI=1S/C10H20F3NO3/c1-16-6-4-14-7-9(15)8-17-5-2-3-10(11,12)13/h9,14-15H,2-8H2,1H3. The molecule has 0 aliphatic heterocycles. The topological polar surface area (TPSA) is 50.7 Å². The zero-order valence-corrected chi connectivity index (χ0v) is 9.92. The molecule has 0 aromatic carbocycles. The Hall–Kier alpha value is -0.370. The van der Waals surface area contributed by atoms with E-state index in [2.05, 4.69) is 5.32 Å². The van der Waals surface area contributed by atoms with Crippen molar-refractivity contribution in [3.05, 3.63) is 0 Å². The Balaban J connectivity index is 3.24. The Morgan fingerprint density at radius 3 is 2.59 bits per heavy atom. The quantitative estimate of drug-likeness (QED) is 0.573. The molecule has 0 aromatic rings. The Morgan fingerprint density at radius 1 is 1.29 bits per heavy atom. The summed E-state index contributed by atoms with van der Waals surface area (Å²) in [5, 5.41) is 12.3. The van der Waals surface area contributed by atoms with Gasteiger partial charge >= 0.3 is 6.18 Å². The number of aliphatic hydroxyl groups excluding tert-OH is 1. The van der Waals surface area contributed by atoms with Crippen molar-refractivity contribution >= 4 is 0 Å². The lowest BCUT2D eigenvalue weighted by Crippen LogP contribution is -2.32. The average Bonchev–Trinajstić information content (AvgIpc) is 2.22. The fraction of sp³-hybridized carbons (Fsp3) is 1.00. The molecule has 2 N–H and O–H groups in total. The SMILES string of the molecule is COCCNCC(O)COCCCC(F)(F)F. The molecule has 0 radical (unpaired) electrons. The third-order valence-corrected chi connectivity index (χ3v) is 1.92. The lowest BCUT2D eigenvalue weighted by molar-refractivity contribution is -0.138. The summed E-state index contributed by atoms with van der Waals surface area (Å²) >= 11 is 0. The summed E-state index contributed by atoms with van der Waals surface area (Å²) in [5.41, 5.74) is 0. The van der Waals surface area contributed by atoms with Crippen LogP contribution >= 0.6 is 0 Å². The van der Waals surface area contributed by atoms with Crippen LogP contribution in [0, 0.1) is 0 Å². The summed E-state index contributed by atoms with van der Waals surface area (Å²) in [6.45, 7) is 1.54. The summed E-state index contributed by atoms with van der Waals surface area (Å²) in [7, 11) is 1.57. The zero-order chi connectivity index (χ0) is 13.1. The number of ether oxygens (including phenoxy) is 2. The minimum atomic E-state index is -4.14. The predicted octanol–water partition coefficient (Wildman–Crippen LogP) is 0.942. The molecule has 104 valence electrons. The lowest BCUT2D eigenvalue weighted by atomic mass is 10.3. The molecule has 0 aromatic heterocycles. The molecule has 1 unspecified atom stereocenters. The first-order valence-electron chi connectivity index (χ1n) is 5.48. The number of halogens is 3. The Labute approximate surface area is 99.1 Å². The van der Waals surface area contributed by atoms with E-state index < -0.39 is 18.7 Å². The fourth-order valence-corrected chi connectivity index (χ4v) is 1.10. The number of rotatable bonds is 10. The van der Waals surface area contributed by atoms with Gasteiger partial charge in [0.15, 0.2) is 0 Å². The highest BCUT2D eigenvalue weighted by molar-refractivity contribution is 4.58. The van der Waals surface area contributed by atoms with Gasteiger partial charge in [-0.2, -0.15) is 13.2 Å². The van der Waals surface area contributed by atoms with E-state index in [1.54, 1.807) is 7.11 Å². The molecule has 0 bridgehead atoms. The molecule has 0 saturated heterocycles. The van der Waals surface area contributed by atoms with Crippen molar-refractivity contribution in [2.75, 3.05) is 40.0 Å². The monoisotopic (exact) mass is 259 g/mol. The van der Waals surface area contributed by atoms with Crippen molar-refractivity contribution in [3.8, 4) is 0 Å². The molecular weight excluding hydrogens is 239 g/mol. The Morgan fingerprint density at radius 2 is 2.00 bits per heavy atom. The van der Waals surface area contributed by atoms with E-state index in [9.17, 15) is 18.3 Å². The van der Waals surface area contributed by atoms with Crippen LogP contribution in [0.3, 0.4) is 0 Å². The summed E-state index contributed by atoms with van der Waals surface area (Å²) in [5.74, 6) is 0. The maximum atomic E-state index is 11.8. The number of methoxy groups -OCH3 is 1. The van der Waals surface area contributed by atoms with Crippen molar-refractivity contribution in [1.82, 2.24) is 5.32 Å². The number of alkyl halides is 3. The number of nitrogens with one attached hydrogen (secondary N) is 1. The first-order chi connectivity index (χ1) is 7.95. The second-order valence-electron chi connectivity index (χ2n) is 3.64. The lowest BCUT2D eigenvalue weighted by Gasteiger charge is -2.12. The van der Waals surface area contributed by atoms with Gasteiger partial charge in [-0.25, -0.2) is 0 Å². The van der Waals surface area contributed by atoms with Crippen LogP contribution in [0.15, 0.2) is 0 Å². The van der Waals surface area contributed by atoms with E-state index in [0.717, 1.165) is 0 Å². The molecule has 17 heavy (non-hydrogen) atoms. The van der Waals surface area contributed by atoms with Crippen LogP contribution in [0.5, 0.6) is 0 Å². The van der Waals surface area contributed by atoms with Gasteiger partial charge in [0.2, 0.25) is 0 Å². The van der Waals surface area contributed by atoms with Gasteiger partial charge in [-0.05, 0) is 6.42 Å². The van der Waals surface area contributed by atoms with Gasteiger partial charge in [0.1, 0.15) is 0 Å². The van der Waals surface area contributed by atoms with E-state index in [1.807, 2.05) is 0 Å². The van der Waals surface area contributed by atoms with Gasteiger partial charge in [0, 0.05) is 33.2 Å². The van der Waals surface area contributed by atoms with Gasteiger partial charge in [0.25, 0.3) is 0 Å². The average molecular weight is 259 g/mol. The second kappa shape index (κ2) is 9.64. The summed E-state index contributed by atoms with van der Waals surface area (Å²) in [6.07, 6.45) is -5.77. The summed E-state index contributed by atoms with van der Waals surface area (Å²) in [6, 6.07) is 0. The molecule has 0 rings (SSSR count). The van der Waals surface area contributed by atoms with Crippen molar-refractivity contribution in [1.29, 1.82) is 0 Å². The molecule has 7 heteroatoms. The van der Waals surface area contributed by atoms with E-state index in [1.165, 1.54) is 0 Å². The molecule has 0 fully saturated rings. The first kappa shape index (κ1) is 16.6. The number of hydrogen-bond acceptors (Lipinski definition) is 4. The first-order valence-corrected chi connectivity index (χ1v) is 5.48.